The molecule has 0 atom stereocenters. The van der Waals surface area contributed by atoms with E-state index in [1.54, 1.807) is 0 Å². The number of aryl methyl sites for hydroxylation is 2. The van der Waals surface area contributed by atoms with Gasteiger partial charge in [0.15, 0.2) is 0 Å². The summed E-state index contributed by atoms with van der Waals surface area (Å²) in [7, 11) is 0. The van der Waals surface area contributed by atoms with Gasteiger partial charge in [-0.2, -0.15) is 0 Å². The Hall–Kier alpha value is -6.18. The van der Waals surface area contributed by atoms with Crippen molar-refractivity contribution in [3.8, 4) is 55.6 Å². The fourth-order valence-corrected chi connectivity index (χ4v) is 7.59. The number of hydrogen-bond acceptors (Lipinski definition) is 1. The third-order valence-corrected chi connectivity index (χ3v) is 9.94. The van der Waals surface area contributed by atoms with Crippen LogP contribution in [0.15, 0.2) is 176 Å². The van der Waals surface area contributed by atoms with Crippen LogP contribution in [-0.2, 0) is 0 Å². The molecule has 0 saturated carbocycles. The van der Waals surface area contributed by atoms with E-state index in [-0.39, 0.29) is 0 Å². The van der Waals surface area contributed by atoms with E-state index in [4.69, 9.17) is 0 Å². The van der Waals surface area contributed by atoms with Crippen LogP contribution < -0.4 is 4.90 Å². The fraction of sp³-hybridized carbons (Fsp3) is 0.0417. The van der Waals surface area contributed by atoms with Gasteiger partial charge in [0, 0.05) is 17.1 Å². The molecule has 1 aliphatic rings. The molecule has 9 rings (SSSR count). The smallest absolute Gasteiger partial charge is 0.0462 e. The topological polar surface area (TPSA) is 3.24 Å². The number of rotatable bonds is 6. The summed E-state index contributed by atoms with van der Waals surface area (Å²) in [5.74, 6) is 0. The second-order valence-corrected chi connectivity index (χ2v) is 13.1. The summed E-state index contributed by atoms with van der Waals surface area (Å²) in [5, 5.41) is 2.62. The van der Waals surface area contributed by atoms with Crippen molar-refractivity contribution in [2.45, 2.75) is 13.8 Å². The van der Waals surface area contributed by atoms with Crippen LogP contribution in [0.1, 0.15) is 11.1 Å². The lowest BCUT2D eigenvalue weighted by molar-refractivity contribution is 1.27. The fourth-order valence-electron chi connectivity index (χ4n) is 7.59. The first-order chi connectivity index (χ1) is 24.1. The van der Waals surface area contributed by atoms with Crippen LogP contribution in [0.25, 0.3) is 66.4 Å². The normalized spacial score (nSPS) is 11.5. The van der Waals surface area contributed by atoms with Crippen molar-refractivity contribution in [2.24, 2.45) is 0 Å². The average molecular weight is 626 g/mol. The lowest BCUT2D eigenvalue weighted by Crippen LogP contribution is -2.09. The van der Waals surface area contributed by atoms with E-state index in [0.717, 1.165) is 17.1 Å². The highest BCUT2D eigenvalue weighted by Crippen LogP contribution is 2.57. The second-order valence-electron chi connectivity index (χ2n) is 13.1. The summed E-state index contributed by atoms with van der Waals surface area (Å²) < 4.78 is 0. The molecule has 1 aliphatic carbocycles. The SMILES string of the molecule is Cc1ccc(N(c2ccc(C)cc2)c2ccc(-c3cc(-c4ccccc4)c4c(c3-c3ccccc3)-c3cccc5cccc-4c35)cc2)cc1. The Labute approximate surface area is 288 Å². The van der Waals surface area contributed by atoms with E-state index in [0.29, 0.717) is 0 Å². The van der Waals surface area contributed by atoms with Crippen LogP contribution >= 0.6 is 0 Å². The standard InChI is InChI=1S/C48H35N/c1-32-19-25-38(26-20-32)49(39-27-21-33(2)22-28-39)40-29-23-35(24-30-40)43-31-44(34-11-5-3-6-12-34)47-41-17-9-15-36-16-10-18-42(45(36)41)48(47)46(43)37-13-7-4-8-14-37/h3-31H,1-2H3. The van der Waals surface area contributed by atoms with Crippen molar-refractivity contribution in [1.82, 2.24) is 0 Å². The van der Waals surface area contributed by atoms with E-state index in [2.05, 4.69) is 195 Å². The Balaban J connectivity index is 1.29. The first-order valence-electron chi connectivity index (χ1n) is 17.0. The molecule has 0 aromatic heterocycles. The maximum Gasteiger partial charge on any atom is 0.0462 e. The van der Waals surface area contributed by atoms with Gasteiger partial charge in [0.25, 0.3) is 0 Å². The zero-order valence-electron chi connectivity index (χ0n) is 27.7. The van der Waals surface area contributed by atoms with E-state index in [1.165, 1.54) is 77.5 Å². The van der Waals surface area contributed by atoms with Crippen molar-refractivity contribution in [2.75, 3.05) is 4.90 Å². The maximum atomic E-state index is 2.44. The molecular weight excluding hydrogens is 591 g/mol. The van der Waals surface area contributed by atoms with Crippen LogP contribution in [0, 0.1) is 13.8 Å². The number of hydrogen-bond donors (Lipinski definition) is 0. The first-order valence-corrected chi connectivity index (χ1v) is 17.0. The van der Waals surface area contributed by atoms with Crippen molar-refractivity contribution < 1.29 is 0 Å². The van der Waals surface area contributed by atoms with Crippen molar-refractivity contribution in [1.29, 1.82) is 0 Å². The zero-order chi connectivity index (χ0) is 32.9. The molecular formula is C48H35N. The van der Waals surface area contributed by atoms with Gasteiger partial charge in [-0.25, -0.2) is 0 Å². The monoisotopic (exact) mass is 625 g/mol. The predicted octanol–water partition coefficient (Wildman–Crippen LogP) is 13.6. The summed E-state index contributed by atoms with van der Waals surface area (Å²) in [5.41, 5.74) is 18.6. The highest BCUT2D eigenvalue weighted by molar-refractivity contribution is 6.22. The average Bonchev–Trinajstić information content (AvgIpc) is 3.49. The zero-order valence-corrected chi connectivity index (χ0v) is 27.7. The molecule has 232 valence electrons. The van der Waals surface area contributed by atoms with Gasteiger partial charge in [-0.3, -0.25) is 0 Å². The molecule has 0 saturated heterocycles. The summed E-state index contributed by atoms with van der Waals surface area (Å²) in [6, 6.07) is 64.5. The third kappa shape index (κ3) is 4.94. The molecule has 0 bridgehead atoms. The molecule has 0 fully saturated rings. The van der Waals surface area contributed by atoms with Crippen molar-refractivity contribution in [3.05, 3.63) is 187 Å². The Kier molecular flexibility index (Phi) is 6.99. The van der Waals surface area contributed by atoms with Crippen LogP contribution in [0.5, 0.6) is 0 Å². The second kappa shape index (κ2) is 11.8. The minimum Gasteiger partial charge on any atom is -0.311 e. The van der Waals surface area contributed by atoms with Gasteiger partial charge in [0.2, 0.25) is 0 Å². The molecule has 0 N–H and O–H groups in total. The molecule has 0 aliphatic heterocycles. The summed E-state index contributed by atoms with van der Waals surface area (Å²) in [6.45, 7) is 4.27. The summed E-state index contributed by atoms with van der Waals surface area (Å²) >= 11 is 0. The number of nitrogens with zero attached hydrogens (tertiary/aromatic N) is 1. The van der Waals surface area contributed by atoms with Gasteiger partial charge in [-0.1, -0.05) is 145 Å². The molecule has 0 spiro atoms. The van der Waals surface area contributed by atoms with Crippen molar-refractivity contribution in [3.63, 3.8) is 0 Å². The molecule has 0 heterocycles. The van der Waals surface area contributed by atoms with E-state index >= 15 is 0 Å². The molecule has 1 nitrogen and oxygen atoms in total. The minimum absolute atomic E-state index is 1.12. The number of anilines is 3. The van der Waals surface area contributed by atoms with Crippen LogP contribution in [0.2, 0.25) is 0 Å². The van der Waals surface area contributed by atoms with Gasteiger partial charge in [0.1, 0.15) is 0 Å². The Morgan fingerprint density at radius 2 is 0.776 bits per heavy atom. The molecule has 8 aromatic carbocycles. The molecule has 0 unspecified atom stereocenters. The first kappa shape index (κ1) is 29.0. The van der Waals surface area contributed by atoms with E-state index < -0.39 is 0 Å². The molecule has 0 amide bonds. The molecule has 0 radical (unpaired) electrons. The lowest BCUT2D eigenvalue weighted by Gasteiger charge is -2.26. The summed E-state index contributed by atoms with van der Waals surface area (Å²) in [6.07, 6.45) is 0. The Bertz CT molecular complexity index is 2410. The number of benzene rings is 8. The third-order valence-electron chi connectivity index (χ3n) is 9.94. The quantitative estimate of drug-likeness (QED) is 0.178. The largest absolute Gasteiger partial charge is 0.311 e. The molecule has 49 heavy (non-hydrogen) atoms. The number of fused-ring (bicyclic) bond motifs is 3. The van der Waals surface area contributed by atoms with Gasteiger partial charge in [0.05, 0.1) is 0 Å². The van der Waals surface area contributed by atoms with Crippen LogP contribution in [0.3, 0.4) is 0 Å². The minimum atomic E-state index is 1.12. The summed E-state index contributed by atoms with van der Waals surface area (Å²) in [4.78, 5) is 2.34. The van der Waals surface area contributed by atoms with Gasteiger partial charge in [-0.15, -0.1) is 0 Å². The Morgan fingerprint density at radius 1 is 0.327 bits per heavy atom. The molecule has 1 heteroatoms. The van der Waals surface area contributed by atoms with Crippen molar-refractivity contribution >= 4 is 27.8 Å². The Morgan fingerprint density at radius 3 is 1.33 bits per heavy atom. The van der Waals surface area contributed by atoms with Crippen LogP contribution in [0.4, 0.5) is 17.1 Å². The predicted molar refractivity (Wildman–Crippen MR) is 209 cm³/mol. The van der Waals surface area contributed by atoms with Gasteiger partial charge < -0.3 is 4.90 Å². The van der Waals surface area contributed by atoms with E-state index in [1.807, 2.05) is 0 Å². The lowest BCUT2D eigenvalue weighted by atomic mass is 9.82. The molecule has 8 aromatic rings. The van der Waals surface area contributed by atoms with Gasteiger partial charge >= 0.3 is 0 Å². The highest BCUT2D eigenvalue weighted by atomic mass is 15.1. The van der Waals surface area contributed by atoms with Gasteiger partial charge in [-0.05, 0) is 123 Å². The highest BCUT2D eigenvalue weighted by Gasteiger charge is 2.30. The van der Waals surface area contributed by atoms with Crippen LogP contribution in [-0.4, -0.2) is 0 Å². The van der Waals surface area contributed by atoms with E-state index in [9.17, 15) is 0 Å². The maximum absolute atomic E-state index is 2.44.